The lowest BCUT2D eigenvalue weighted by Gasteiger charge is -2.37. The molecule has 1 fully saturated rings. The van der Waals surface area contributed by atoms with Crippen molar-refractivity contribution in [2.75, 3.05) is 31.1 Å². The standard InChI is InChI=1S/C30H36FN5O3/c1-21-26(23-12-13-25(31)24(19-23)20-32)33-36(14-8-11-22-9-6-5-7-10-22)28(37)27(21)34-15-17-35(18-16-34)29(38)39-30(2,3)4/h5-13,19H,14-18,20,32H2,1-4H3. The van der Waals surface area contributed by atoms with Gasteiger partial charge in [0.2, 0.25) is 0 Å². The highest BCUT2D eigenvalue weighted by atomic mass is 19.1. The van der Waals surface area contributed by atoms with Gasteiger partial charge in [0.05, 0.1) is 12.2 Å². The van der Waals surface area contributed by atoms with Crippen LogP contribution in [0.2, 0.25) is 0 Å². The number of nitrogens with two attached hydrogens (primary N) is 1. The second-order valence-corrected chi connectivity index (χ2v) is 10.6. The molecule has 206 valence electrons. The average Bonchev–Trinajstić information content (AvgIpc) is 2.90. The number of ether oxygens (including phenoxy) is 1. The minimum absolute atomic E-state index is 0.0532. The summed E-state index contributed by atoms with van der Waals surface area (Å²) in [5, 5.41) is 4.70. The first kappa shape index (κ1) is 28.0. The van der Waals surface area contributed by atoms with E-state index >= 15 is 0 Å². The molecule has 1 amide bonds. The maximum atomic E-state index is 14.2. The van der Waals surface area contributed by atoms with E-state index in [0.29, 0.717) is 54.3 Å². The molecule has 1 saturated heterocycles. The molecule has 0 aliphatic carbocycles. The van der Waals surface area contributed by atoms with E-state index in [2.05, 4.69) is 0 Å². The van der Waals surface area contributed by atoms with Gasteiger partial charge in [0.15, 0.2) is 0 Å². The molecule has 0 bridgehead atoms. The predicted molar refractivity (Wildman–Crippen MR) is 152 cm³/mol. The maximum Gasteiger partial charge on any atom is 0.410 e. The van der Waals surface area contributed by atoms with E-state index in [0.717, 1.165) is 5.56 Å². The summed E-state index contributed by atoms with van der Waals surface area (Å²) in [7, 11) is 0. The second kappa shape index (κ2) is 11.8. The Morgan fingerprint density at radius 3 is 2.44 bits per heavy atom. The lowest BCUT2D eigenvalue weighted by atomic mass is 10.0. The summed E-state index contributed by atoms with van der Waals surface area (Å²) >= 11 is 0. The molecule has 3 aromatic rings. The van der Waals surface area contributed by atoms with Gasteiger partial charge in [-0.2, -0.15) is 5.10 Å². The lowest BCUT2D eigenvalue weighted by molar-refractivity contribution is 0.0240. The number of piperazine rings is 1. The third-order valence-electron chi connectivity index (χ3n) is 6.54. The van der Waals surface area contributed by atoms with E-state index in [1.165, 1.54) is 10.7 Å². The van der Waals surface area contributed by atoms with Crippen molar-refractivity contribution in [3.05, 3.63) is 87.5 Å². The van der Waals surface area contributed by atoms with Crippen LogP contribution in [-0.4, -0.2) is 52.6 Å². The van der Waals surface area contributed by atoms with Crippen LogP contribution in [0.1, 0.15) is 37.5 Å². The highest BCUT2D eigenvalue weighted by molar-refractivity contribution is 5.71. The van der Waals surface area contributed by atoms with Crippen molar-refractivity contribution in [1.29, 1.82) is 0 Å². The normalized spacial score (nSPS) is 14.2. The SMILES string of the molecule is Cc1c(-c2ccc(F)c(CN)c2)nn(CC=Cc2ccccc2)c(=O)c1N1CCN(C(=O)OC(C)(C)C)CC1. The molecule has 9 heteroatoms. The van der Waals surface area contributed by atoms with E-state index in [9.17, 15) is 14.0 Å². The molecular weight excluding hydrogens is 497 g/mol. The number of hydrogen-bond donors (Lipinski definition) is 1. The fraction of sp³-hybridized carbons (Fsp3) is 0.367. The number of carbonyl (C=O) groups excluding carboxylic acids is 1. The summed E-state index contributed by atoms with van der Waals surface area (Å²) < 4.78 is 21.2. The number of halogens is 1. The van der Waals surface area contributed by atoms with Gasteiger partial charge in [-0.05, 0) is 51.5 Å². The van der Waals surface area contributed by atoms with Crippen LogP contribution in [0.15, 0.2) is 59.4 Å². The van der Waals surface area contributed by atoms with Crippen LogP contribution in [-0.2, 0) is 17.8 Å². The molecule has 0 radical (unpaired) electrons. The summed E-state index contributed by atoms with van der Waals surface area (Å²) in [6.45, 7) is 9.46. The van der Waals surface area contributed by atoms with Crippen LogP contribution < -0.4 is 16.2 Å². The zero-order chi connectivity index (χ0) is 28.2. The molecule has 0 unspecified atom stereocenters. The fourth-order valence-electron chi connectivity index (χ4n) is 4.58. The van der Waals surface area contributed by atoms with Gasteiger partial charge >= 0.3 is 6.09 Å². The summed E-state index contributed by atoms with van der Waals surface area (Å²) in [6.07, 6.45) is 3.47. The topological polar surface area (TPSA) is 93.7 Å². The number of aromatic nitrogens is 2. The lowest BCUT2D eigenvalue weighted by Crippen LogP contribution is -2.51. The number of amides is 1. The molecule has 2 N–H and O–H groups in total. The molecular formula is C30H36FN5O3. The molecule has 0 saturated carbocycles. The molecule has 4 rings (SSSR count). The first-order valence-electron chi connectivity index (χ1n) is 13.1. The van der Waals surface area contributed by atoms with Gasteiger partial charge in [-0.3, -0.25) is 4.79 Å². The van der Waals surface area contributed by atoms with Crippen LogP contribution in [0, 0.1) is 12.7 Å². The Hall–Kier alpha value is -3.98. The summed E-state index contributed by atoms with van der Waals surface area (Å²) in [6, 6.07) is 14.5. The van der Waals surface area contributed by atoms with Crippen LogP contribution in [0.4, 0.5) is 14.9 Å². The van der Waals surface area contributed by atoms with E-state index < -0.39 is 5.60 Å². The van der Waals surface area contributed by atoms with Crippen LogP contribution in [0.3, 0.4) is 0 Å². The van der Waals surface area contributed by atoms with Gasteiger partial charge in [0.1, 0.15) is 17.1 Å². The highest BCUT2D eigenvalue weighted by Crippen LogP contribution is 2.28. The number of anilines is 1. The van der Waals surface area contributed by atoms with E-state index in [1.54, 1.807) is 17.0 Å². The third-order valence-corrected chi connectivity index (χ3v) is 6.54. The number of benzene rings is 2. The molecule has 1 aliphatic rings. The van der Waals surface area contributed by atoms with Crippen molar-refractivity contribution in [2.24, 2.45) is 5.73 Å². The monoisotopic (exact) mass is 533 g/mol. The van der Waals surface area contributed by atoms with Gasteiger partial charge in [0, 0.05) is 49.4 Å². The van der Waals surface area contributed by atoms with Crippen LogP contribution >= 0.6 is 0 Å². The minimum atomic E-state index is -0.580. The molecule has 1 aromatic heterocycles. The third kappa shape index (κ3) is 6.72. The number of hydrogen-bond acceptors (Lipinski definition) is 6. The zero-order valence-electron chi connectivity index (χ0n) is 23.0. The highest BCUT2D eigenvalue weighted by Gasteiger charge is 2.29. The van der Waals surface area contributed by atoms with Crippen LogP contribution in [0.25, 0.3) is 17.3 Å². The summed E-state index contributed by atoms with van der Waals surface area (Å²) in [5.74, 6) is -0.378. The van der Waals surface area contributed by atoms with Gasteiger partial charge < -0.3 is 20.3 Å². The van der Waals surface area contributed by atoms with Crippen molar-refractivity contribution in [2.45, 2.75) is 46.4 Å². The average molecular weight is 534 g/mol. The summed E-state index contributed by atoms with van der Waals surface area (Å²) in [4.78, 5) is 30.0. The van der Waals surface area contributed by atoms with E-state index in [1.807, 2.05) is 75.1 Å². The number of carbonyl (C=O) groups is 1. The van der Waals surface area contributed by atoms with Crippen molar-refractivity contribution in [1.82, 2.24) is 14.7 Å². The smallest absolute Gasteiger partial charge is 0.410 e. The van der Waals surface area contributed by atoms with Crippen molar-refractivity contribution >= 4 is 17.9 Å². The van der Waals surface area contributed by atoms with Gasteiger partial charge in [-0.1, -0.05) is 42.5 Å². The van der Waals surface area contributed by atoms with Crippen molar-refractivity contribution < 1.29 is 13.9 Å². The predicted octanol–water partition coefficient (Wildman–Crippen LogP) is 4.59. The Bertz CT molecular complexity index is 1400. The maximum absolute atomic E-state index is 14.2. The molecule has 2 aromatic carbocycles. The number of rotatable bonds is 6. The Kier molecular flexibility index (Phi) is 8.50. The van der Waals surface area contributed by atoms with Crippen molar-refractivity contribution in [3.8, 4) is 11.3 Å². The molecule has 8 nitrogen and oxygen atoms in total. The first-order chi connectivity index (χ1) is 18.6. The van der Waals surface area contributed by atoms with Gasteiger partial charge in [0.25, 0.3) is 5.56 Å². The van der Waals surface area contributed by atoms with Gasteiger partial charge in [-0.15, -0.1) is 0 Å². The zero-order valence-corrected chi connectivity index (χ0v) is 23.0. The number of allylic oxidation sites excluding steroid dienone is 1. The molecule has 2 heterocycles. The number of nitrogens with zero attached hydrogens (tertiary/aromatic N) is 4. The Labute approximate surface area is 228 Å². The Balaban J connectivity index is 1.69. The van der Waals surface area contributed by atoms with Crippen LogP contribution in [0.5, 0.6) is 0 Å². The molecule has 0 atom stereocenters. The first-order valence-corrected chi connectivity index (χ1v) is 13.1. The second-order valence-electron chi connectivity index (χ2n) is 10.6. The van der Waals surface area contributed by atoms with E-state index in [-0.39, 0.29) is 30.6 Å². The van der Waals surface area contributed by atoms with E-state index in [4.69, 9.17) is 15.6 Å². The molecule has 1 aliphatic heterocycles. The quantitative estimate of drug-likeness (QED) is 0.498. The largest absolute Gasteiger partial charge is 0.444 e. The van der Waals surface area contributed by atoms with Gasteiger partial charge in [-0.25, -0.2) is 13.9 Å². The fourth-order valence-corrected chi connectivity index (χ4v) is 4.58. The molecule has 0 spiro atoms. The summed E-state index contributed by atoms with van der Waals surface area (Å²) in [5.41, 5.74) is 8.84. The van der Waals surface area contributed by atoms with Crippen molar-refractivity contribution in [3.63, 3.8) is 0 Å². The Morgan fingerprint density at radius 1 is 1.10 bits per heavy atom. The molecule has 39 heavy (non-hydrogen) atoms. The Morgan fingerprint density at radius 2 is 1.79 bits per heavy atom. The minimum Gasteiger partial charge on any atom is -0.444 e.